The van der Waals surface area contributed by atoms with Crippen LogP contribution in [0.1, 0.15) is 52.2 Å². The molecule has 314 valence electrons. The molecule has 0 saturated heterocycles. The summed E-state index contributed by atoms with van der Waals surface area (Å²) in [5.74, 6) is -7.66. The van der Waals surface area contributed by atoms with Crippen LogP contribution in [0.5, 0.6) is 0 Å². The van der Waals surface area contributed by atoms with Crippen LogP contribution >= 0.6 is 0 Å². The fourth-order valence-corrected chi connectivity index (χ4v) is 5.39. The van der Waals surface area contributed by atoms with Crippen LogP contribution in [0, 0.1) is 11.8 Å². The number of nitrogens with two attached hydrogens (primary N) is 1. The first-order valence-electron chi connectivity index (χ1n) is 18.7. The Morgan fingerprint density at radius 1 is 0.586 bits per heavy atom. The summed E-state index contributed by atoms with van der Waals surface area (Å²) < 4.78 is 0. The third-order valence-electron chi connectivity index (χ3n) is 8.45. The van der Waals surface area contributed by atoms with Crippen molar-refractivity contribution in [1.29, 1.82) is 0 Å². The number of rotatable bonds is 23. The number of nitrogens with one attached hydrogen (secondary N) is 7. The Hall–Kier alpha value is -6.59. The molecule has 0 spiro atoms. The molecule has 0 aliphatic rings. The van der Waals surface area contributed by atoms with E-state index < -0.39 is 96.5 Å². The van der Waals surface area contributed by atoms with E-state index in [9.17, 15) is 48.3 Å². The zero-order valence-electron chi connectivity index (χ0n) is 33.2. The van der Waals surface area contributed by atoms with Gasteiger partial charge in [-0.2, -0.15) is 0 Å². The second-order valence-corrected chi connectivity index (χ2v) is 14.3. The summed E-state index contributed by atoms with van der Waals surface area (Å²) in [6.07, 6.45) is 1.88. The highest BCUT2D eigenvalue weighted by atomic mass is 16.4. The summed E-state index contributed by atoms with van der Waals surface area (Å²) in [6, 6.07) is 11.7. The van der Waals surface area contributed by atoms with E-state index in [1.807, 2.05) is 13.8 Å². The number of benzene rings is 2. The summed E-state index contributed by atoms with van der Waals surface area (Å²) in [5, 5.41) is 26.6. The lowest BCUT2D eigenvalue weighted by molar-refractivity contribution is -0.141. The predicted octanol–water partition coefficient (Wildman–Crippen LogP) is -1.02. The molecule has 0 saturated carbocycles. The van der Waals surface area contributed by atoms with Crippen molar-refractivity contribution in [2.75, 3.05) is 13.1 Å². The molecule has 0 heterocycles. The van der Waals surface area contributed by atoms with Crippen LogP contribution in [0.15, 0.2) is 72.8 Å². The average molecular weight is 807 g/mol. The first kappa shape index (κ1) is 47.6. The number of carbonyl (C=O) groups is 9. The third-order valence-corrected chi connectivity index (χ3v) is 8.45. The van der Waals surface area contributed by atoms with Crippen molar-refractivity contribution in [2.45, 2.75) is 84.1 Å². The number of amides is 8. The molecular formula is C40H54N8O10. The monoisotopic (exact) mass is 806 g/mol. The molecule has 5 atom stereocenters. The fraction of sp³-hybridized carbons (Fsp3) is 0.425. The van der Waals surface area contributed by atoms with Crippen molar-refractivity contribution < 1.29 is 48.3 Å². The number of carbonyl (C=O) groups excluding carboxylic acids is 8. The SMILES string of the molecule is CC(C)CC(NC(=O)C(Cc1ccccc1)NC(=O)C=CC(=O)NCC(=O)NCC(=O)NC(Cc1ccccc1)C(=O)O)C(=O)NC(C)C(=O)NC(C(N)=O)C(C)C. The Balaban J connectivity index is 2.00. The predicted molar refractivity (Wildman–Crippen MR) is 212 cm³/mol. The second-order valence-electron chi connectivity index (χ2n) is 14.3. The van der Waals surface area contributed by atoms with Gasteiger partial charge < -0.3 is 48.1 Å². The molecule has 0 bridgehead atoms. The minimum atomic E-state index is -1.26. The molecule has 0 radical (unpaired) electrons. The number of hydrogen-bond acceptors (Lipinski definition) is 9. The molecule has 5 unspecified atom stereocenters. The van der Waals surface area contributed by atoms with Gasteiger partial charge in [-0.05, 0) is 36.3 Å². The summed E-state index contributed by atoms with van der Waals surface area (Å²) in [7, 11) is 0. The summed E-state index contributed by atoms with van der Waals surface area (Å²) >= 11 is 0. The first-order valence-corrected chi connectivity index (χ1v) is 18.7. The number of carboxylic acids is 1. The van der Waals surface area contributed by atoms with Gasteiger partial charge in [0, 0.05) is 25.0 Å². The number of aliphatic carboxylic acids is 1. The van der Waals surface area contributed by atoms with Crippen molar-refractivity contribution >= 4 is 53.2 Å². The van der Waals surface area contributed by atoms with Crippen molar-refractivity contribution in [3.63, 3.8) is 0 Å². The van der Waals surface area contributed by atoms with Crippen molar-refractivity contribution in [3.05, 3.63) is 83.9 Å². The Labute approximate surface area is 336 Å². The first-order chi connectivity index (χ1) is 27.4. The molecule has 2 aromatic carbocycles. The lowest BCUT2D eigenvalue weighted by atomic mass is 10.0. The third kappa shape index (κ3) is 17.9. The standard InChI is InChI=1S/C40H54N8O10/c1-23(2)18-28(38(55)44-25(5)37(54)48-35(24(3)4)36(41)53)47-39(56)29(19-26-12-8-6-9-13-26)45-32(50)17-16-31(49)42-21-33(51)43-22-34(52)46-30(40(57)58)20-27-14-10-7-11-15-27/h6-17,23-25,28-30,35H,18-22H2,1-5H3,(H2,41,53)(H,42,49)(H,43,51)(H,44,55)(H,45,50)(H,46,52)(H,47,56)(H,48,54)(H,57,58). The molecule has 0 aromatic heterocycles. The van der Waals surface area contributed by atoms with Crippen molar-refractivity contribution in [1.82, 2.24) is 37.2 Å². The smallest absolute Gasteiger partial charge is 0.326 e. The summed E-state index contributed by atoms with van der Waals surface area (Å²) in [6.45, 7) is 7.34. The van der Waals surface area contributed by atoms with E-state index in [1.165, 1.54) is 6.92 Å². The highest BCUT2D eigenvalue weighted by Crippen LogP contribution is 2.09. The maximum absolute atomic E-state index is 13.7. The van der Waals surface area contributed by atoms with Crippen molar-refractivity contribution in [3.8, 4) is 0 Å². The van der Waals surface area contributed by atoms with Gasteiger partial charge in [0.2, 0.25) is 47.3 Å². The topological polar surface area (TPSA) is 284 Å². The van der Waals surface area contributed by atoms with E-state index in [4.69, 9.17) is 5.73 Å². The summed E-state index contributed by atoms with van der Waals surface area (Å²) in [5.41, 5.74) is 6.75. The van der Waals surface area contributed by atoms with Gasteiger partial charge in [-0.25, -0.2) is 4.79 Å². The van der Waals surface area contributed by atoms with Gasteiger partial charge in [-0.15, -0.1) is 0 Å². The Kier molecular flexibility index (Phi) is 19.8. The molecule has 18 heteroatoms. The molecular weight excluding hydrogens is 752 g/mol. The number of primary amides is 1. The van der Waals surface area contributed by atoms with E-state index in [2.05, 4.69) is 37.2 Å². The maximum atomic E-state index is 13.7. The highest BCUT2D eigenvalue weighted by Gasteiger charge is 2.30. The average Bonchev–Trinajstić information content (AvgIpc) is 3.16. The molecule has 10 N–H and O–H groups in total. The van der Waals surface area contributed by atoms with Gasteiger partial charge in [0.05, 0.1) is 13.1 Å². The molecule has 2 rings (SSSR count). The maximum Gasteiger partial charge on any atom is 0.326 e. The zero-order valence-corrected chi connectivity index (χ0v) is 33.2. The Bertz CT molecular complexity index is 1790. The van der Waals surface area contributed by atoms with Crippen LogP contribution in [-0.4, -0.2) is 102 Å². The quantitative estimate of drug-likeness (QED) is 0.0616. The van der Waals surface area contributed by atoms with Gasteiger partial charge >= 0.3 is 5.97 Å². The number of hydrogen-bond donors (Lipinski definition) is 9. The van der Waals surface area contributed by atoms with E-state index in [0.717, 1.165) is 12.2 Å². The lowest BCUT2D eigenvalue weighted by Gasteiger charge is -2.26. The minimum Gasteiger partial charge on any atom is -0.480 e. The van der Waals surface area contributed by atoms with Crippen LogP contribution < -0.4 is 43.0 Å². The van der Waals surface area contributed by atoms with Gasteiger partial charge in [0.25, 0.3) is 0 Å². The Morgan fingerprint density at radius 3 is 1.62 bits per heavy atom. The Morgan fingerprint density at radius 2 is 1.10 bits per heavy atom. The van der Waals surface area contributed by atoms with Gasteiger partial charge in [0.15, 0.2) is 0 Å². The second kappa shape index (κ2) is 24.1. The van der Waals surface area contributed by atoms with E-state index >= 15 is 0 Å². The molecule has 0 aliphatic heterocycles. The lowest BCUT2D eigenvalue weighted by Crippen LogP contribution is -2.58. The molecule has 2 aromatic rings. The molecule has 0 aliphatic carbocycles. The normalized spacial score (nSPS) is 13.6. The van der Waals surface area contributed by atoms with Crippen LogP contribution in [0.4, 0.5) is 0 Å². The van der Waals surface area contributed by atoms with Gasteiger partial charge in [-0.1, -0.05) is 88.4 Å². The fourth-order valence-electron chi connectivity index (χ4n) is 5.39. The van der Waals surface area contributed by atoms with E-state index in [0.29, 0.717) is 11.1 Å². The minimum absolute atomic E-state index is 0.00417. The van der Waals surface area contributed by atoms with Crippen LogP contribution in [0.3, 0.4) is 0 Å². The highest BCUT2D eigenvalue weighted by molar-refractivity contribution is 6.00. The molecule has 8 amide bonds. The largest absolute Gasteiger partial charge is 0.480 e. The van der Waals surface area contributed by atoms with Crippen LogP contribution in [-0.2, 0) is 56.0 Å². The van der Waals surface area contributed by atoms with Gasteiger partial charge in [0.1, 0.15) is 30.2 Å². The van der Waals surface area contributed by atoms with Crippen molar-refractivity contribution in [2.24, 2.45) is 17.6 Å². The van der Waals surface area contributed by atoms with Crippen LogP contribution in [0.2, 0.25) is 0 Å². The zero-order chi connectivity index (χ0) is 43.4. The molecule has 0 fully saturated rings. The summed E-state index contributed by atoms with van der Waals surface area (Å²) in [4.78, 5) is 113. The van der Waals surface area contributed by atoms with E-state index in [-0.39, 0.29) is 31.1 Å². The molecule has 58 heavy (non-hydrogen) atoms. The molecule has 18 nitrogen and oxygen atoms in total. The van der Waals surface area contributed by atoms with Gasteiger partial charge in [-0.3, -0.25) is 38.4 Å². The van der Waals surface area contributed by atoms with E-state index in [1.54, 1.807) is 74.5 Å². The number of carboxylic acid groups (broad SMARTS) is 1. The van der Waals surface area contributed by atoms with Crippen LogP contribution in [0.25, 0.3) is 0 Å².